The molecule has 0 aromatic heterocycles. The van der Waals surface area contributed by atoms with Crippen molar-refractivity contribution in [3.63, 3.8) is 0 Å². The van der Waals surface area contributed by atoms with Crippen molar-refractivity contribution < 1.29 is 14.4 Å². The van der Waals surface area contributed by atoms with Gasteiger partial charge in [0.1, 0.15) is 0 Å². The number of piperazine rings is 1. The van der Waals surface area contributed by atoms with Crippen LogP contribution in [0.15, 0.2) is 24.3 Å². The van der Waals surface area contributed by atoms with Crippen molar-refractivity contribution in [3.05, 3.63) is 34.9 Å². The summed E-state index contributed by atoms with van der Waals surface area (Å²) in [4.78, 5) is 45.8. The van der Waals surface area contributed by atoms with Crippen molar-refractivity contribution in [1.82, 2.24) is 14.7 Å². The summed E-state index contributed by atoms with van der Waals surface area (Å²) in [7, 11) is 0. The first-order chi connectivity index (χ1) is 16.9. The Labute approximate surface area is 212 Å². The molecule has 0 N–H and O–H groups in total. The molecule has 2 saturated heterocycles. The fourth-order valence-electron chi connectivity index (χ4n) is 8.23. The molecule has 188 valence electrons. The summed E-state index contributed by atoms with van der Waals surface area (Å²) in [5.74, 6) is 2.60. The Morgan fingerprint density at radius 1 is 0.771 bits per heavy atom. The summed E-state index contributed by atoms with van der Waals surface area (Å²) in [6, 6.07) is 6.95. The molecule has 6 fully saturated rings. The van der Waals surface area contributed by atoms with E-state index in [1.54, 1.807) is 24.3 Å². The molecule has 1 aromatic rings. The standard InChI is InChI=1S/C28H36ClN3O3/c29-24-5-3-22(4-6-24)25(33)32-7-1-2-23(18-32)26(34)30-8-10-31(11-9-30)27(35)28-15-19-12-20(16-28)14-21(13-19)17-28/h3-6,19-21,23H,1-2,7-18H2. The fourth-order valence-corrected chi connectivity index (χ4v) is 8.36. The van der Waals surface area contributed by atoms with E-state index in [0.29, 0.717) is 55.8 Å². The maximum atomic E-state index is 13.7. The number of halogens is 1. The van der Waals surface area contributed by atoms with Crippen molar-refractivity contribution >= 4 is 29.3 Å². The van der Waals surface area contributed by atoms with Gasteiger partial charge in [-0.05, 0) is 93.4 Å². The van der Waals surface area contributed by atoms with Gasteiger partial charge in [-0.25, -0.2) is 0 Å². The molecule has 1 unspecified atom stereocenters. The maximum absolute atomic E-state index is 13.7. The molecule has 0 radical (unpaired) electrons. The van der Waals surface area contributed by atoms with Gasteiger partial charge in [0.05, 0.1) is 11.3 Å². The van der Waals surface area contributed by atoms with Crippen LogP contribution < -0.4 is 0 Å². The van der Waals surface area contributed by atoms with Gasteiger partial charge >= 0.3 is 0 Å². The minimum absolute atomic E-state index is 0.0369. The number of piperidine rings is 1. The summed E-state index contributed by atoms with van der Waals surface area (Å²) < 4.78 is 0. The van der Waals surface area contributed by atoms with Crippen LogP contribution in [0.2, 0.25) is 5.02 Å². The SMILES string of the molecule is O=C(c1ccc(Cl)cc1)N1CCCC(C(=O)N2CCN(C(=O)C34CC5CC(CC(C5)C3)C4)CC2)C1. The van der Waals surface area contributed by atoms with Crippen LogP contribution in [-0.2, 0) is 9.59 Å². The Kier molecular flexibility index (Phi) is 6.06. The minimum Gasteiger partial charge on any atom is -0.339 e. The molecule has 0 spiro atoms. The van der Waals surface area contributed by atoms with Crippen LogP contribution in [0.3, 0.4) is 0 Å². The average molecular weight is 498 g/mol. The van der Waals surface area contributed by atoms with Gasteiger partial charge in [0.2, 0.25) is 11.8 Å². The zero-order valence-corrected chi connectivity index (χ0v) is 21.2. The van der Waals surface area contributed by atoms with Gasteiger partial charge in [0, 0.05) is 49.9 Å². The third-order valence-electron chi connectivity index (χ3n) is 9.52. The number of amides is 3. The summed E-state index contributed by atoms with van der Waals surface area (Å²) in [6.07, 6.45) is 8.95. The predicted octanol–water partition coefficient (Wildman–Crippen LogP) is 4.08. The van der Waals surface area contributed by atoms with E-state index in [4.69, 9.17) is 11.6 Å². The monoisotopic (exact) mass is 497 g/mol. The van der Waals surface area contributed by atoms with Crippen LogP contribution in [0.25, 0.3) is 0 Å². The lowest BCUT2D eigenvalue weighted by atomic mass is 9.49. The molecule has 1 atom stereocenters. The van der Waals surface area contributed by atoms with Gasteiger partial charge in [-0.15, -0.1) is 0 Å². The quantitative estimate of drug-likeness (QED) is 0.632. The topological polar surface area (TPSA) is 60.9 Å². The molecule has 6 aliphatic rings. The van der Waals surface area contributed by atoms with Crippen LogP contribution in [-0.4, -0.2) is 71.7 Å². The highest BCUT2D eigenvalue weighted by Crippen LogP contribution is 2.60. The average Bonchev–Trinajstić information content (AvgIpc) is 2.87. The third kappa shape index (κ3) is 4.36. The molecule has 2 aliphatic heterocycles. The highest BCUT2D eigenvalue weighted by molar-refractivity contribution is 6.30. The molecule has 4 saturated carbocycles. The lowest BCUT2D eigenvalue weighted by Gasteiger charge is -2.57. The number of carbonyl (C=O) groups is 3. The second-order valence-electron chi connectivity index (χ2n) is 11.9. The number of likely N-dealkylation sites (tertiary alicyclic amines) is 1. The van der Waals surface area contributed by atoms with Crippen molar-refractivity contribution in [2.45, 2.75) is 51.4 Å². The van der Waals surface area contributed by atoms with Crippen molar-refractivity contribution in [2.24, 2.45) is 29.1 Å². The first-order valence-corrected chi connectivity index (χ1v) is 13.9. The minimum atomic E-state index is -0.162. The number of carbonyl (C=O) groups excluding carboxylic acids is 3. The van der Waals surface area contributed by atoms with Crippen molar-refractivity contribution in [2.75, 3.05) is 39.3 Å². The summed E-state index contributed by atoms with van der Waals surface area (Å²) in [6.45, 7) is 3.65. The first kappa shape index (κ1) is 23.3. The largest absolute Gasteiger partial charge is 0.339 e. The molecule has 35 heavy (non-hydrogen) atoms. The number of hydrogen-bond donors (Lipinski definition) is 0. The van der Waals surface area contributed by atoms with Gasteiger partial charge in [-0.2, -0.15) is 0 Å². The van der Waals surface area contributed by atoms with Gasteiger partial charge < -0.3 is 14.7 Å². The number of nitrogens with zero attached hydrogens (tertiary/aromatic N) is 3. The van der Waals surface area contributed by atoms with E-state index < -0.39 is 0 Å². The molecule has 2 heterocycles. The first-order valence-electron chi connectivity index (χ1n) is 13.5. The molecule has 1 aromatic carbocycles. The van der Waals surface area contributed by atoms with Gasteiger partial charge in [0.25, 0.3) is 5.91 Å². The van der Waals surface area contributed by atoms with Crippen LogP contribution in [0.1, 0.15) is 61.7 Å². The summed E-state index contributed by atoms with van der Waals surface area (Å²) >= 11 is 5.96. The molecule has 3 amide bonds. The Morgan fingerprint density at radius 2 is 1.34 bits per heavy atom. The van der Waals surface area contributed by atoms with E-state index in [-0.39, 0.29) is 23.1 Å². The molecular weight excluding hydrogens is 462 g/mol. The normalized spacial score (nSPS) is 34.3. The van der Waals surface area contributed by atoms with Crippen molar-refractivity contribution in [3.8, 4) is 0 Å². The van der Waals surface area contributed by atoms with Crippen LogP contribution in [0.4, 0.5) is 0 Å². The van der Waals surface area contributed by atoms with Gasteiger partial charge in [0.15, 0.2) is 0 Å². The van der Waals surface area contributed by atoms with Gasteiger partial charge in [-0.1, -0.05) is 11.6 Å². The fraction of sp³-hybridized carbons (Fsp3) is 0.679. The predicted molar refractivity (Wildman–Crippen MR) is 134 cm³/mol. The highest BCUT2D eigenvalue weighted by Gasteiger charge is 2.55. The molecule has 4 aliphatic carbocycles. The third-order valence-corrected chi connectivity index (χ3v) is 9.77. The summed E-state index contributed by atoms with van der Waals surface area (Å²) in [5, 5.41) is 0.606. The zero-order valence-electron chi connectivity index (χ0n) is 20.5. The van der Waals surface area contributed by atoms with E-state index in [2.05, 4.69) is 4.90 Å². The molecule has 4 bridgehead atoms. The Bertz CT molecular complexity index is 966. The van der Waals surface area contributed by atoms with E-state index in [0.717, 1.165) is 49.9 Å². The zero-order chi connectivity index (χ0) is 24.2. The van der Waals surface area contributed by atoms with Crippen LogP contribution in [0.5, 0.6) is 0 Å². The number of benzene rings is 1. The van der Waals surface area contributed by atoms with Crippen LogP contribution in [0, 0.1) is 29.1 Å². The van der Waals surface area contributed by atoms with E-state index >= 15 is 0 Å². The van der Waals surface area contributed by atoms with Crippen LogP contribution >= 0.6 is 11.6 Å². The van der Waals surface area contributed by atoms with Crippen molar-refractivity contribution in [1.29, 1.82) is 0 Å². The lowest BCUT2D eigenvalue weighted by Crippen LogP contribution is -2.59. The second kappa shape index (κ2) is 9.10. The molecule has 7 rings (SSSR count). The second-order valence-corrected chi connectivity index (χ2v) is 12.3. The number of rotatable bonds is 3. The van der Waals surface area contributed by atoms with Gasteiger partial charge in [-0.3, -0.25) is 14.4 Å². The molecule has 7 heteroatoms. The maximum Gasteiger partial charge on any atom is 0.253 e. The van der Waals surface area contributed by atoms with E-state index in [1.165, 1.54) is 19.3 Å². The smallest absolute Gasteiger partial charge is 0.253 e. The molecule has 6 nitrogen and oxygen atoms in total. The summed E-state index contributed by atoms with van der Waals surface area (Å²) in [5.41, 5.74) is 0.506. The van der Waals surface area contributed by atoms with E-state index in [9.17, 15) is 14.4 Å². The Hall–Kier alpha value is -2.08. The number of hydrogen-bond acceptors (Lipinski definition) is 3. The van der Waals surface area contributed by atoms with E-state index in [1.807, 2.05) is 9.80 Å². The highest BCUT2D eigenvalue weighted by atomic mass is 35.5. The Balaban J connectivity index is 1.05. The molecular formula is C28H36ClN3O3. The Morgan fingerprint density at radius 3 is 1.94 bits per heavy atom. The lowest BCUT2D eigenvalue weighted by molar-refractivity contribution is -0.161.